The Kier molecular flexibility index (Phi) is 2.23. The molecule has 0 amide bonds. The Bertz CT molecular complexity index is 411. The van der Waals surface area contributed by atoms with Crippen molar-refractivity contribution in [3.05, 3.63) is 30.6 Å². The van der Waals surface area contributed by atoms with Gasteiger partial charge < -0.3 is 9.47 Å². The average Bonchev–Trinajstić information content (AvgIpc) is 2.27. The van der Waals surface area contributed by atoms with Crippen molar-refractivity contribution in [2.24, 2.45) is 0 Å². The molecule has 1 N–H and O–H groups in total. The van der Waals surface area contributed by atoms with E-state index < -0.39 is 0 Å². The molecule has 0 bridgehead atoms. The summed E-state index contributed by atoms with van der Waals surface area (Å²) in [5, 5.41) is 2.23. The van der Waals surface area contributed by atoms with Gasteiger partial charge in [-0.3, -0.25) is 0 Å². The summed E-state index contributed by atoms with van der Waals surface area (Å²) in [6.07, 6.45) is 3.81. The van der Waals surface area contributed by atoms with Crippen LogP contribution in [-0.2, 0) is 0 Å². The van der Waals surface area contributed by atoms with Crippen molar-refractivity contribution in [1.82, 2.24) is 0 Å². The first-order chi connectivity index (χ1) is 6.85. The van der Waals surface area contributed by atoms with Gasteiger partial charge in [0.15, 0.2) is 23.9 Å². The Labute approximate surface area is 82.3 Å². The van der Waals surface area contributed by atoms with Crippen molar-refractivity contribution in [3.8, 4) is 11.5 Å². The molecule has 2 rings (SSSR count). The molecule has 72 valence electrons. The van der Waals surface area contributed by atoms with Crippen LogP contribution in [0.15, 0.2) is 30.6 Å². The molecule has 0 spiro atoms. The van der Waals surface area contributed by atoms with Crippen LogP contribution < -0.4 is 14.5 Å². The van der Waals surface area contributed by atoms with E-state index in [2.05, 4.69) is 4.98 Å². The minimum atomic E-state index is 0.750. The maximum absolute atomic E-state index is 5.21. The van der Waals surface area contributed by atoms with E-state index in [9.17, 15) is 0 Å². The second kappa shape index (κ2) is 3.54. The van der Waals surface area contributed by atoms with E-state index in [4.69, 9.17) is 9.47 Å². The Morgan fingerprint density at radius 3 is 2.29 bits per heavy atom. The summed E-state index contributed by atoms with van der Waals surface area (Å²) < 4.78 is 10.4. The van der Waals surface area contributed by atoms with Gasteiger partial charge in [-0.2, -0.15) is 0 Å². The fraction of sp³-hybridized carbons (Fsp3) is 0.182. The monoisotopic (exact) mass is 190 g/mol. The Balaban J connectivity index is 2.69. The van der Waals surface area contributed by atoms with Gasteiger partial charge in [0.25, 0.3) is 0 Å². The summed E-state index contributed by atoms with van der Waals surface area (Å²) in [5.41, 5.74) is 0. The number of benzene rings is 1. The van der Waals surface area contributed by atoms with E-state index in [0.717, 1.165) is 22.3 Å². The minimum absolute atomic E-state index is 0.750. The van der Waals surface area contributed by atoms with Gasteiger partial charge in [0.1, 0.15) is 0 Å². The number of methoxy groups -OCH3 is 2. The predicted molar refractivity (Wildman–Crippen MR) is 53.6 cm³/mol. The molecule has 0 saturated heterocycles. The standard InChI is InChI=1S/C11H11NO2/c1-13-10-5-8-3-4-12-7-9(8)6-11(10)14-2/h3-7H,1-2H3/p+1. The fourth-order valence-corrected chi connectivity index (χ4v) is 1.46. The van der Waals surface area contributed by atoms with Crippen LogP contribution in [0.5, 0.6) is 11.5 Å². The highest BCUT2D eigenvalue weighted by Crippen LogP contribution is 2.30. The lowest BCUT2D eigenvalue weighted by Crippen LogP contribution is -1.98. The van der Waals surface area contributed by atoms with Crippen molar-refractivity contribution in [2.75, 3.05) is 14.2 Å². The van der Waals surface area contributed by atoms with E-state index >= 15 is 0 Å². The lowest BCUT2D eigenvalue weighted by Gasteiger charge is -2.07. The molecule has 0 aliphatic heterocycles. The van der Waals surface area contributed by atoms with E-state index in [0.29, 0.717) is 0 Å². The highest BCUT2D eigenvalue weighted by Gasteiger charge is 2.06. The highest BCUT2D eigenvalue weighted by atomic mass is 16.5. The smallest absolute Gasteiger partial charge is 0.175 e. The molecule has 0 radical (unpaired) electrons. The Morgan fingerprint density at radius 2 is 1.64 bits per heavy atom. The second-order valence-electron chi connectivity index (χ2n) is 2.98. The zero-order valence-corrected chi connectivity index (χ0v) is 8.20. The van der Waals surface area contributed by atoms with Gasteiger partial charge in [-0.1, -0.05) is 0 Å². The highest BCUT2D eigenvalue weighted by molar-refractivity contribution is 5.84. The van der Waals surface area contributed by atoms with Gasteiger partial charge in [-0.25, -0.2) is 4.98 Å². The molecule has 2 aromatic rings. The first-order valence-corrected chi connectivity index (χ1v) is 4.37. The molecule has 1 aromatic carbocycles. The van der Waals surface area contributed by atoms with Gasteiger partial charge in [-0.15, -0.1) is 0 Å². The molecule has 3 heteroatoms. The molecular weight excluding hydrogens is 178 g/mol. The number of aromatic nitrogens is 1. The van der Waals surface area contributed by atoms with Gasteiger partial charge in [0, 0.05) is 11.5 Å². The number of nitrogens with one attached hydrogen (secondary N) is 1. The Morgan fingerprint density at radius 1 is 1.00 bits per heavy atom. The fourth-order valence-electron chi connectivity index (χ4n) is 1.46. The number of rotatable bonds is 2. The van der Waals surface area contributed by atoms with Gasteiger partial charge in [0.2, 0.25) is 0 Å². The molecule has 0 fully saturated rings. The number of pyridine rings is 1. The van der Waals surface area contributed by atoms with Crippen molar-refractivity contribution < 1.29 is 14.5 Å². The minimum Gasteiger partial charge on any atom is -0.493 e. The molecule has 3 nitrogen and oxygen atoms in total. The number of H-pyrrole nitrogens is 1. The first-order valence-electron chi connectivity index (χ1n) is 4.37. The summed E-state index contributed by atoms with van der Waals surface area (Å²) in [6, 6.07) is 5.91. The molecule has 0 atom stereocenters. The maximum atomic E-state index is 5.21. The van der Waals surface area contributed by atoms with Crippen LogP contribution in [-0.4, -0.2) is 14.2 Å². The first kappa shape index (κ1) is 8.81. The Hall–Kier alpha value is -1.77. The zero-order chi connectivity index (χ0) is 9.97. The van der Waals surface area contributed by atoms with Gasteiger partial charge >= 0.3 is 0 Å². The molecule has 14 heavy (non-hydrogen) atoms. The van der Waals surface area contributed by atoms with E-state index in [-0.39, 0.29) is 0 Å². The van der Waals surface area contributed by atoms with E-state index in [1.165, 1.54) is 0 Å². The molecule has 1 heterocycles. The largest absolute Gasteiger partial charge is 0.493 e. The van der Waals surface area contributed by atoms with Crippen LogP contribution in [0.2, 0.25) is 0 Å². The molecule has 0 aliphatic carbocycles. The van der Waals surface area contributed by atoms with Crippen LogP contribution >= 0.6 is 0 Å². The van der Waals surface area contributed by atoms with Crippen LogP contribution in [0.4, 0.5) is 0 Å². The summed E-state index contributed by atoms with van der Waals surface area (Å²) in [7, 11) is 3.27. The summed E-state index contributed by atoms with van der Waals surface area (Å²) in [6.45, 7) is 0. The third kappa shape index (κ3) is 1.37. The normalized spacial score (nSPS) is 10.1. The third-order valence-corrected chi connectivity index (χ3v) is 2.19. The number of aromatic amines is 1. The van der Waals surface area contributed by atoms with E-state index in [1.807, 2.05) is 30.6 Å². The third-order valence-electron chi connectivity index (χ3n) is 2.19. The zero-order valence-electron chi connectivity index (χ0n) is 8.20. The molecule has 0 saturated carbocycles. The number of hydrogen-bond acceptors (Lipinski definition) is 2. The van der Waals surface area contributed by atoms with Gasteiger partial charge in [-0.05, 0) is 17.5 Å². The van der Waals surface area contributed by atoms with Crippen molar-refractivity contribution in [1.29, 1.82) is 0 Å². The molecule has 1 aromatic heterocycles. The molecule has 0 aliphatic rings. The average molecular weight is 190 g/mol. The topological polar surface area (TPSA) is 32.6 Å². The van der Waals surface area contributed by atoms with Crippen LogP contribution in [0.3, 0.4) is 0 Å². The second-order valence-corrected chi connectivity index (χ2v) is 2.98. The van der Waals surface area contributed by atoms with Crippen LogP contribution in [0.25, 0.3) is 10.8 Å². The maximum Gasteiger partial charge on any atom is 0.175 e. The predicted octanol–water partition coefficient (Wildman–Crippen LogP) is 1.67. The lowest BCUT2D eigenvalue weighted by molar-refractivity contribution is -0.375. The quantitative estimate of drug-likeness (QED) is 0.721. The van der Waals surface area contributed by atoms with Crippen LogP contribution in [0, 0.1) is 0 Å². The number of ether oxygens (including phenoxy) is 2. The molecular formula is C11H12NO2+. The molecule has 0 unspecified atom stereocenters. The summed E-state index contributed by atoms with van der Waals surface area (Å²) >= 11 is 0. The van der Waals surface area contributed by atoms with Gasteiger partial charge in [0.05, 0.1) is 14.2 Å². The number of fused-ring (bicyclic) bond motifs is 1. The van der Waals surface area contributed by atoms with Crippen molar-refractivity contribution in [3.63, 3.8) is 0 Å². The summed E-state index contributed by atoms with van der Waals surface area (Å²) in [4.78, 5) is 3.03. The SMILES string of the molecule is COc1cc2cc[nH+]cc2cc1OC. The lowest BCUT2D eigenvalue weighted by atomic mass is 10.1. The van der Waals surface area contributed by atoms with Crippen molar-refractivity contribution in [2.45, 2.75) is 0 Å². The van der Waals surface area contributed by atoms with E-state index in [1.54, 1.807) is 14.2 Å². The number of hydrogen-bond donors (Lipinski definition) is 0. The van der Waals surface area contributed by atoms with Crippen LogP contribution in [0.1, 0.15) is 0 Å². The van der Waals surface area contributed by atoms with Crippen molar-refractivity contribution >= 4 is 10.8 Å². The summed E-state index contributed by atoms with van der Waals surface area (Å²) in [5.74, 6) is 1.51.